The van der Waals surface area contributed by atoms with Crippen LogP contribution in [0.3, 0.4) is 0 Å². The summed E-state index contributed by atoms with van der Waals surface area (Å²) < 4.78 is 7.07. The van der Waals surface area contributed by atoms with Gasteiger partial charge in [-0.25, -0.2) is 4.68 Å². The molecule has 1 amide bonds. The molecule has 142 valence electrons. The van der Waals surface area contributed by atoms with Crippen molar-refractivity contribution in [2.45, 2.75) is 19.9 Å². The molecular formula is C21H21N5O2. The van der Waals surface area contributed by atoms with Gasteiger partial charge in [0.2, 0.25) is 11.9 Å². The highest BCUT2D eigenvalue weighted by atomic mass is 16.5. The summed E-state index contributed by atoms with van der Waals surface area (Å²) in [5.41, 5.74) is 9.69. The lowest BCUT2D eigenvalue weighted by atomic mass is 9.95. The molecule has 1 atom stereocenters. The number of nitrogens with one attached hydrogen (secondary N) is 1. The molecule has 0 bridgehead atoms. The van der Waals surface area contributed by atoms with Gasteiger partial charge in [-0.05, 0) is 37.1 Å². The van der Waals surface area contributed by atoms with Crippen LogP contribution in [-0.4, -0.2) is 27.8 Å². The van der Waals surface area contributed by atoms with Gasteiger partial charge in [-0.3, -0.25) is 4.79 Å². The van der Waals surface area contributed by atoms with Crippen LogP contribution in [0.1, 0.15) is 24.1 Å². The fraction of sp³-hybridized carbons (Fsp3) is 0.190. The number of primary amides is 1. The van der Waals surface area contributed by atoms with Gasteiger partial charge >= 0.3 is 0 Å². The lowest BCUT2D eigenvalue weighted by Crippen LogP contribution is -2.31. The number of nitrogens with zero attached hydrogens (tertiary/aromatic N) is 3. The number of amides is 1. The minimum atomic E-state index is -0.503. The zero-order valence-corrected chi connectivity index (χ0v) is 15.9. The fourth-order valence-corrected chi connectivity index (χ4v) is 3.53. The van der Waals surface area contributed by atoms with Crippen LogP contribution in [0.4, 0.5) is 5.95 Å². The summed E-state index contributed by atoms with van der Waals surface area (Å²) in [5.74, 6) is 1.34. The van der Waals surface area contributed by atoms with E-state index in [9.17, 15) is 4.79 Å². The first-order valence-electron chi connectivity index (χ1n) is 8.93. The lowest BCUT2D eigenvalue weighted by molar-refractivity contribution is -0.115. The van der Waals surface area contributed by atoms with Gasteiger partial charge in [-0.1, -0.05) is 36.4 Å². The Labute approximate surface area is 162 Å². The van der Waals surface area contributed by atoms with Crippen molar-refractivity contribution >= 4 is 11.9 Å². The first-order valence-corrected chi connectivity index (χ1v) is 8.93. The molecule has 2 aromatic carbocycles. The number of nitrogens with two attached hydrogens (primary N) is 1. The number of rotatable bonds is 4. The summed E-state index contributed by atoms with van der Waals surface area (Å²) >= 11 is 0. The van der Waals surface area contributed by atoms with Crippen molar-refractivity contribution in [1.29, 1.82) is 0 Å². The van der Waals surface area contributed by atoms with Crippen LogP contribution >= 0.6 is 0 Å². The maximum atomic E-state index is 12.3. The minimum Gasteiger partial charge on any atom is -0.497 e. The Kier molecular flexibility index (Phi) is 4.35. The molecule has 0 fully saturated rings. The first-order chi connectivity index (χ1) is 13.5. The highest BCUT2D eigenvalue weighted by molar-refractivity contribution is 5.95. The van der Waals surface area contributed by atoms with E-state index in [0.29, 0.717) is 28.8 Å². The molecule has 2 heterocycles. The highest BCUT2D eigenvalue weighted by Crippen LogP contribution is 2.37. The summed E-state index contributed by atoms with van der Waals surface area (Å²) in [6.07, 6.45) is 0. The van der Waals surface area contributed by atoms with Crippen LogP contribution in [0.5, 0.6) is 5.75 Å². The molecule has 1 aliphatic rings. The van der Waals surface area contributed by atoms with E-state index in [1.807, 2.05) is 62.4 Å². The Bertz CT molecular complexity index is 1100. The van der Waals surface area contributed by atoms with Gasteiger partial charge in [0.15, 0.2) is 5.82 Å². The Hall–Kier alpha value is -3.61. The molecule has 28 heavy (non-hydrogen) atoms. The van der Waals surface area contributed by atoms with Crippen molar-refractivity contribution in [2.24, 2.45) is 5.73 Å². The molecule has 0 saturated heterocycles. The van der Waals surface area contributed by atoms with E-state index in [0.717, 1.165) is 16.7 Å². The number of methoxy groups -OCH3 is 1. The number of aryl methyl sites for hydroxylation is 1. The number of aromatic nitrogens is 3. The van der Waals surface area contributed by atoms with Crippen molar-refractivity contribution in [3.63, 3.8) is 0 Å². The van der Waals surface area contributed by atoms with Gasteiger partial charge in [0.1, 0.15) is 11.8 Å². The second kappa shape index (κ2) is 6.84. The number of fused-ring (bicyclic) bond motifs is 1. The quantitative estimate of drug-likeness (QED) is 0.731. The largest absolute Gasteiger partial charge is 0.497 e. The molecule has 7 heteroatoms. The molecule has 3 N–H and O–H groups in total. The summed E-state index contributed by atoms with van der Waals surface area (Å²) in [5, 5.41) is 7.89. The van der Waals surface area contributed by atoms with Crippen molar-refractivity contribution in [3.05, 3.63) is 70.9 Å². The molecule has 1 aliphatic heterocycles. The van der Waals surface area contributed by atoms with E-state index in [2.05, 4.69) is 10.3 Å². The Morgan fingerprint density at radius 3 is 2.68 bits per heavy atom. The van der Waals surface area contributed by atoms with Gasteiger partial charge < -0.3 is 15.8 Å². The number of ether oxygens (including phenoxy) is 1. The van der Waals surface area contributed by atoms with E-state index >= 15 is 0 Å². The van der Waals surface area contributed by atoms with E-state index in [-0.39, 0.29) is 0 Å². The molecule has 0 saturated carbocycles. The highest BCUT2D eigenvalue weighted by Gasteiger charge is 2.33. The van der Waals surface area contributed by atoms with Crippen molar-refractivity contribution in [3.8, 4) is 17.1 Å². The molecule has 0 radical (unpaired) electrons. The number of hydrogen-bond donors (Lipinski definition) is 2. The molecule has 0 spiro atoms. The standard InChI is InChI=1S/C21H21N5O2/c1-12-7-4-5-10-16(12)20-24-21-23-13(2)17(19(22)27)18(26(21)25-20)14-8-6-9-15(11-14)28-3/h4-11,18H,1-3H3,(H2,22,27)(H,23,24,25). The van der Waals surface area contributed by atoms with E-state index < -0.39 is 11.9 Å². The smallest absolute Gasteiger partial charge is 0.248 e. The Morgan fingerprint density at radius 1 is 1.18 bits per heavy atom. The molecule has 1 aromatic heterocycles. The molecule has 3 aromatic rings. The van der Waals surface area contributed by atoms with Crippen LogP contribution in [0.15, 0.2) is 59.8 Å². The molecule has 0 aliphatic carbocycles. The number of carbonyl (C=O) groups excluding carboxylic acids is 1. The maximum Gasteiger partial charge on any atom is 0.248 e. The van der Waals surface area contributed by atoms with Gasteiger partial charge in [-0.2, -0.15) is 4.98 Å². The lowest BCUT2D eigenvalue weighted by Gasteiger charge is -2.27. The summed E-state index contributed by atoms with van der Waals surface area (Å²) in [7, 11) is 1.61. The topological polar surface area (TPSA) is 95.1 Å². The molecule has 7 nitrogen and oxygen atoms in total. The van der Waals surface area contributed by atoms with E-state index in [1.165, 1.54) is 0 Å². The third-order valence-corrected chi connectivity index (χ3v) is 4.91. The van der Waals surface area contributed by atoms with Crippen LogP contribution in [0.25, 0.3) is 11.4 Å². The van der Waals surface area contributed by atoms with Crippen LogP contribution in [0, 0.1) is 6.92 Å². The second-order valence-corrected chi connectivity index (χ2v) is 6.73. The molecule has 1 unspecified atom stereocenters. The normalized spacial score (nSPS) is 15.8. The van der Waals surface area contributed by atoms with Crippen molar-refractivity contribution < 1.29 is 9.53 Å². The van der Waals surface area contributed by atoms with Crippen molar-refractivity contribution in [2.75, 3.05) is 12.4 Å². The first kappa shape index (κ1) is 17.8. The van der Waals surface area contributed by atoms with E-state index in [1.54, 1.807) is 11.8 Å². The second-order valence-electron chi connectivity index (χ2n) is 6.73. The molecular weight excluding hydrogens is 354 g/mol. The monoisotopic (exact) mass is 375 g/mol. The van der Waals surface area contributed by atoms with Gasteiger partial charge in [0.25, 0.3) is 0 Å². The van der Waals surface area contributed by atoms with Crippen LogP contribution in [-0.2, 0) is 4.79 Å². The molecule has 4 rings (SSSR count). The average molecular weight is 375 g/mol. The van der Waals surface area contributed by atoms with E-state index in [4.69, 9.17) is 15.6 Å². The van der Waals surface area contributed by atoms with Gasteiger partial charge in [0, 0.05) is 11.3 Å². The summed E-state index contributed by atoms with van der Waals surface area (Å²) in [6, 6.07) is 15.0. The Morgan fingerprint density at radius 2 is 1.96 bits per heavy atom. The van der Waals surface area contributed by atoms with Crippen LogP contribution in [0.2, 0.25) is 0 Å². The number of carbonyl (C=O) groups is 1. The Balaban J connectivity index is 1.90. The number of benzene rings is 2. The SMILES string of the molecule is COc1cccc(C2C(C(N)=O)=C(C)Nc3nc(-c4ccccc4C)nn32)c1. The minimum absolute atomic E-state index is 0.446. The van der Waals surface area contributed by atoms with Crippen molar-refractivity contribution in [1.82, 2.24) is 14.8 Å². The fourth-order valence-electron chi connectivity index (χ4n) is 3.53. The van der Waals surface area contributed by atoms with Crippen LogP contribution < -0.4 is 15.8 Å². The average Bonchev–Trinajstić information content (AvgIpc) is 3.10. The zero-order chi connectivity index (χ0) is 19.8. The predicted octanol–water partition coefficient (Wildman–Crippen LogP) is 3.04. The third-order valence-electron chi connectivity index (χ3n) is 4.91. The predicted molar refractivity (Wildman–Crippen MR) is 107 cm³/mol. The number of hydrogen-bond acceptors (Lipinski definition) is 5. The number of anilines is 1. The number of allylic oxidation sites excluding steroid dienone is 1. The van der Waals surface area contributed by atoms with Gasteiger partial charge in [0.05, 0.1) is 12.7 Å². The zero-order valence-electron chi connectivity index (χ0n) is 15.9. The summed E-state index contributed by atoms with van der Waals surface area (Å²) in [4.78, 5) is 16.9. The summed E-state index contributed by atoms with van der Waals surface area (Å²) in [6.45, 7) is 3.83. The third kappa shape index (κ3) is 2.90. The van der Waals surface area contributed by atoms with Gasteiger partial charge in [-0.15, -0.1) is 5.10 Å². The maximum absolute atomic E-state index is 12.3.